The Bertz CT molecular complexity index is 759. The van der Waals surface area contributed by atoms with Crippen LogP contribution in [0.25, 0.3) is 0 Å². The number of ether oxygens (including phenoxy) is 2. The summed E-state index contributed by atoms with van der Waals surface area (Å²) in [5, 5.41) is 3.15. The highest BCUT2D eigenvalue weighted by molar-refractivity contribution is 5.99. The maximum atomic E-state index is 12.9. The van der Waals surface area contributed by atoms with Gasteiger partial charge in [-0.2, -0.15) is 0 Å². The molecule has 2 aliphatic rings. The number of hydrogen-bond acceptors (Lipinski definition) is 5. The number of hydrogen-bond donors (Lipinski definition) is 1. The number of nitrogens with one attached hydrogen (secondary N) is 1. The van der Waals surface area contributed by atoms with Crippen LogP contribution in [0.15, 0.2) is 42.6 Å². The molecule has 25 heavy (non-hydrogen) atoms. The lowest BCUT2D eigenvalue weighted by atomic mass is 10.00. The highest BCUT2D eigenvalue weighted by Gasteiger charge is 2.25. The first-order chi connectivity index (χ1) is 12.3. The molecule has 1 atom stereocenters. The zero-order valence-corrected chi connectivity index (χ0v) is 14.0. The average Bonchev–Trinajstić information content (AvgIpc) is 2.69. The number of anilines is 1. The highest BCUT2D eigenvalue weighted by atomic mass is 16.5. The quantitative estimate of drug-likeness (QED) is 0.928. The lowest BCUT2D eigenvalue weighted by Gasteiger charge is -2.30. The Hall–Kier alpha value is -2.60. The van der Waals surface area contributed by atoms with Gasteiger partial charge in [-0.1, -0.05) is 18.2 Å². The van der Waals surface area contributed by atoms with E-state index in [-0.39, 0.29) is 11.9 Å². The average molecular weight is 339 g/mol. The number of benzene rings is 1. The molecule has 2 aromatic rings. The lowest BCUT2D eigenvalue weighted by Crippen LogP contribution is -2.39. The van der Waals surface area contributed by atoms with Crippen LogP contribution >= 0.6 is 0 Å². The summed E-state index contributed by atoms with van der Waals surface area (Å²) in [6, 6.07) is 11.4. The van der Waals surface area contributed by atoms with E-state index in [1.807, 2.05) is 30.3 Å². The molecule has 0 aliphatic carbocycles. The molecule has 3 heterocycles. The number of morpholine rings is 1. The fourth-order valence-corrected chi connectivity index (χ4v) is 3.33. The topological polar surface area (TPSA) is 63.7 Å². The maximum absolute atomic E-state index is 12.9. The predicted octanol–water partition coefficient (Wildman–Crippen LogP) is 2.17. The van der Waals surface area contributed by atoms with Gasteiger partial charge in [0.05, 0.1) is 31.4 Å². The number of fused-ring (bicyclic) bond motifs is 1. The van der Waals surface area contributed by atoms with Gasteiger partial charge in [0, 0.05) is 31.3 Å². The normalized spacial score (nSPS) is 19.7. The van der Waals surface area contributed by atoms with Crippen LogP contribution in [0.2, 0.25) is 0 Å². The molecular formula is C19H21N3O3. The number of pyridine rings is 1. The molecule has 1 aromatic heterocycles. The third-order valence-electron chi connectivity index (χ3n) is 4.61. The minimum atomic E-state index is -0.101. The SMILES string of the molecule is O=C(N[C@H]1CCOc2ccccc21)c1cccnc1N1CCOCC1. The number of rotatable bonds is 3. The molecule has 1 saturated heterocycles. The van der Waals surface area contributed by atoms with Gasteiger partial charge in [-0.25, -0.2) is 4.98 Å². The van der Waals surface area contributed by atoms with Crippen molar-refractivity contribution in [3.05, 3.63) is 53.7 Å². The molecule has 4 rings (SSSR count). The summed E-state index contributed by atoms with van der Waals surface area (Å²) >= 11 is 0. The van der Waals surface area contributed by atoms with E-state index in [0.29, 0.717) is 25.4 Å². The molecule has 0 spiro atoms. The smallest absolute Gasteiger partial charge is 0.255 e. The molecule has 1 amide bonds. The molecule has 2 aliphatic heterocycles. The predicted molar refractivity (Wildman–Crippen MR) is 94.0 cm³/mol. The highest BCUT2D eigenvalue weighted by Crippen LogP contribution is 2.32. The van der Waals surface area contributed by atoms with Crippen LogP contribution in [0.3, 0.4) is 0 Å². The monoisotopic (exact) mass is 339 g/mol. The van der Waals surface area contributed by atoms with Crippen molar-refractivity contribution in [1.82, 2.24) is 10.3 Å². The van der Waals surface area contributed by atoms with E-state index < -0.39 is 0 Å². The molecule has 6 heteroatoms. The third kappa shape index (κ3) is 3.30. The fourth-order valence-electron chi connectivity index (χ4n) is 3.33. The van der Waals surface area contributed by atoms with Gasteiger partial charge in [0.15, 0.2) is 0 Å². The summed E-state index contributed by atoms with van der Waals surface area (Å²) in [6.45, 7) is 3.41. The van der Waals surface area contributed by atoms with Gasteiger partial charge in [0.2, 0.25) is 0 Å². The van der Waals surface area contributed by atoms with E-state index in [1.54, 1.807) is 12.3 Å². The van der Waals surface area contributed by atoms with Crippen molar-refractivity contribution in [2.75, 3.05) is 37.8 Å². The van der Waals surface area contributed by atoms with E-state index in [2.05, 4.69) is 15.2 Å². The van der Waals surface area contributed by atoms with E-state index >= 15 is 0 Å². The molecule has 0 radical (unpaired) electrons. The second-order valence-corrected chi connectivity index (χ2v) is 6.18. The summed E-state index contributed by atoms with van der Waals surface area (Å²) in [6.07, 6.45) is 2.49. The first-order valence-corrected chi connectivity index (χ1v) is 8.63. The van der Waals surface area contributed by atoms with E-state index in [1.165, 1.54) is 0 Å². The molecule has 0 unspecified atom stereocenters. The molecule has 0 bridgehead atoms. The minimum Gasteiger partial charge on any atom is -0.493 e. The van der Waals surface area contributed by atoms with Crippen LogP contribution < -0.4 is 15.0 Å². The molecule has 1 N–H and O–H groups in total. The number of nitrogens with zero attached hydrogens (tertiary/aromatic N) is 2. The Kier molecular flexibility index (Phi) is 4.52. The first kappa shape index (κ1) is 15.9. The fraction of sp³-hybridized carbons (Fsp3) is 0.368. The number of amides is 1. The molecular weight excluding hydrogens is 318 g/mol. The zero-order valence-electron chi connectivity index (χ0n) is 14.0. The summed E-state index contributed by atoms with van der Waals surface area (Å²) in [5.74, 6) is 1.47. The second-order valence-electron chi connectivity index (χ2n) is 6.18. The summed E-state index contributed by atoms with van der Waals surface area (Å²) in [4.78, 5) is 19.5. The standard InChI is InChI=1S/C19H21N3O3/c23-19(21-16-7-11-25-17-6-2-1-4-14(16)17)15-5-3-8-20-18(15)22-9-12-24-13-10-22/h1-6,8,16H,7,9-13H2,(H,21,23)/t16-/m0/s1. The zero-order chi connectivity index (χ0) is 17.1. The Labute approximate surface area is 146 Å². The molecule has 0 saturated carbocycles. The summed E-state index contributed by atoms with van der Waals surface area (Å²) < 4.78 is 11.1. The Morgan fingerprint density at radius 1 is 1.12 bits per heavy atom. The van der Waals surface area contributed by atoms with Gasteiger partial charge in [0.25, 0.3) is 5.91 Å². The van der Waals surface area contributed by atoms with Crippen LogP contribution in [-0.2, 0) is 4.74 Å². The van der Waals surface area contributed by atoms with E-state index in [9.17, 15) is 4.79 Å². The van der Waals surface area contributed by atoms with Crippen LogP contribution in [0.5, 0.6) is 5.75 Å². The van der Waals surface area contributed by atoms with E-state index in [4.69, 9.17) is 9.47 Å². The second kappa shape index (κ2) is 7.11. The summed E-state index contributed by atoms with van der Waals surface area (Å²) in [7, 11) is 0. The molecule has 6 nitrogen and oxygen atoms in total. The van der Waals surface area contributed by atoms with Gasteiger partial charge < -0.3 is 19.7 Å². The molecule has 1 aromatic carbocycles. The van der Waals surface area contributed by atoms with Crippen molar-refractivity contribution in [2.45, 2.75) is 12.5 Å². The van der Waals surface area contributed by atoms with Crippen molar-refractivity contribution in [3.63, 3.8) is 0 Å². The Morgan fingerprint density at radius 2 is 1.96 bits per heavy atom. The Balaban J connectivity index is 1.56. The Morgan fingerprint density at radius 3 is 2.84 bits per heavy atom. The maximum Gasteiger partial charge on any atom is 0.255 e. The van der Waals surface area contributed by atoms with Crippen molar-refractivity contribution in [1.29, 1.82) is 0 Å². The van der Waals surface area contributed by atoms with Gasteiger partial charge in [-0.3, -0.25) is 4.79 Å². The van der Waals surface area contributed by atoms with Crippen molar-refractivity contribution in [3.8, 4) is 5.75 Å². The number of carbonyl (C=O) groups is 1. The first-order valence-electron chi connectivity index (χ1n) is 8.63. The number of aromatic nitrogens is 1. The van der Waals surface area contributed by atoms with Gasteiger partial charge in [-0.05, 0) is 18.2 Å². The molecule has 1 fully saturated rings. The van der Waals surface area contributed by atoms with Crippen LogP contribution in [0, 0.1) is 0 Å². The minimum absolute atomic E-state index is 0.0461. The van der Waals surface area contributed by atoms with Crippen LogP contribution in [-0.4, -0.2) is 43.8 Å². The largest absolute Gasteiger partial charge is 0.493 e. The molecule has 130 valence electrons. The van der Waals surface area contributed by atoms with E-state index in [0.717, 1.165) is 36.6 Å². The van der Waals surface area contributed by atoms with Crippen LogP contribution in [0.1, 0.15) is 28.4 Å². The van der Waals surface area contributed by atoms with Crippen molar-refractivity contribution >= 4 is 11.7 Å². The number of para-hydroxylation sites is 1. The lowest BCUT2D eigenvalue weighted by molar-refractivity contribution is 0.0923. The van der Waals surface area contributed by atoms with Gasteiger partial charge in [-0.15, -0.1) is 0 Å². The van der Waals surface area contributed by atoms with Crippen molar-refractivity contribution in [2.24, 2.45) is 0 Å². The third-order valence-corrected chi connectivity index (χ3v) is 4.61. The van der Waals surface area contributed by atoms with Gasteiger partial charge in [0.1, 0.15) is 11.6 Å². The number of carbonyl (C=O) groups excluding carboxylic acids is 1. The van der Waals surface area contributed by atoms with Crippen molar-refractivity contribution < 1.29 is 14.3 Å². The van der Waals surface area contributed by atoms with Gasteiger partial charge >= 0.3 is 0 Å². The summed E-state index contributed by atoms with van der Waals surface area (Å²) in [5.41, 5.74) is 1.63. The van der Waals surface area contributed by atoms with Crippen LogP contribution in [0.4, 0.5) is 5.82 Å².